The van der Waals surface area contributed by atoms with Crippen molar-refractivity contribution in [2.75, 3.05) is 6.61 Å². The first-order valence-electron chi connectivity index (χ1n) is 8.42. The fourth-order valence-electron chi connectivity index (χ4n) is 2.55. The molecule has 1 N–H and O–H groups in total. The second-order valence-corrected chi connectivity index (χ2v) is 7.16. The van der Waals surface area contributed by atoms with Crippen LogP contribution in [0, 0.1) is 12.8 Å². The van der Waals surface area contributed by atoms with E-state index in [-0.39, 0.29) is 18.6 Å². The van der Waals surface area contributed by atoms with E-state index in [2.05, 4.69) is 19.2 Å². The minimum absolute atomic E-state index is 0.0891. The van der Waals surface area contributed by atoms with E-state index in [1.54, 1.807) is 12.1 Å². The molecule has 5 nitrogen and oxygen atoms in total. The number of nitrogens with one attached hydrogen (secondary N) is 1. The van der Waals surface area contributed by atoms with Gasteiger partial charge in [0.2, 0.25) is 0 Å². The van der Waals surface area contributed by atoms with Gasteiger partial charge in [-0.15, -0.1) is 0 Å². The van der Waals surface area contributed by atoms with Gasteiger partial charge in [-0.3, -0.25) is 4.79 Å². The molecule has 0 aliphatic heterocycles. The zero-order valence-electron chi connectivity index (χ0n) is 15.0. The van der Waals surface area contributed by atoms with Gasteiger partial charge in [0.15, 0.2) is 6.61 Å². The Bertz CT molecular complexity index is 813. The smallest absolute Gasteiger partial charge is 0.336 e. The SMILES string of the molecule is Cc1cc(=O)oc2cc(OCC(=O)N[C@H](C)CCC(C)C)c(Cl)cc12. The summed E-state index contributed by atoms with van der Waals surface area (Å²) in [4.78, 5) is 23.5. The Morgan fingerprint density at radius 3 is 2.64 bits per heavy atom. The molecule has 0 unspecified atom stereocenters. The number of benzene rings is 1. The molecule has 1 amide bonds. The summed E-state index contributed by atoms with van der Waals surface area (Å²) in [6.45, 7) is 7.94. The summed E-state index contributed by atoms with van der Waals surface area (Å²) in [7, 11) is 0. The summed E-state index contributed by atoms with van der Waals surface area (Å²) < 4.78 is 10.7. The first-order valence-corrected chi connectivity index (χ1v) is 8.80. The van der Waals surface area contributed by atoms with Crippen molar-refractivity contribution in [3.8, 4) is 5.75 Å². The molecule has 0 aliphatic carbocycles. The topological polar surface area (TPSA) is 68.5 Å². The lowest BCUT2D eigenvalue weighted by Crippen LogP contribution is -2.36. The van der Waals surface area contributed by atoms with E-state index >= 15 is 0 Å². The van der Waals surface area contributed by atoms with Gasteiger partial charge in [0.25, 0.3) is 5.91 Å². The van der Waals surface area contributed by atoms with Crippen LogP contribution in [0.25, 0.3) is 11.0 Å². The van der Waals surface area contributed by atoms with Gasteiger partial charge < -0.3 is 14.5 Å². The Balaban J connectivity index is 2.02. The fourth-order valence-corrected chi connectivity index (χ4v) is 2.76. The Labute approximate surface area is 152 Å². The Hall–Kier alpha value is -2.01. The molecule has 0 aliphatic rings. The molecule has 1 aromatic carbocycles. The molecular formula is C19H24ClNO4. The van der Waals surface area contributed by atoms with Gasteiger partial charge in [0, 0.05) is 23.6 Å². The van der Waals surface area contributed by atoms with E-state index in [0.29, 0.717) is 22.3 Å². The largest absolute Gasteiger partial charge is 0.482 e. The normalized spacial score (nSPS) is 12.4. The van der Waals surface area contributed by atoms with Crippen molar-refractivity contribution in [3.63, 3.8) is 0 Å². The van der Waals surface area contributed by atoms with Crippen LogP contribution in [-0.4, -0.2) is 18.6 Å². The van der Waals surface area contributed by atoms with Crippen LogP contribution in [0.15, 0.2) is 27.4 Å². The molecule has 0 fully saturated rings. The fraction of sp³-hybridized carbons (Fsp3) is 0.474. The summed E-state index contributed by atoms with van der Waals surface area (Å²) >= 11 is 6.21. The zero-order valence-corrected chi connectivity index (χ0v) is 15.8. The maximum absolute atomic E-state index is 12.0. The highest BCUT2D eigenvalue weighted by Crippen LogP contribution is 2.30. The van der Waals surface area contributed by atoms with Gasteiger partial charge in [-0.2, -0.15) is 0 Å². The Morgan fingerprint density at radius 2 is 1.96 bits per heavy atom. The van der Waals surface area contributed by atoms with Gasteiger partial charge in [-0.25, -0.2) is 4.79 Å². The van der Waals surface area contributed by atoms with E-state index in [9.17, 15) is 9.59 Å². The summed E-state index contributed by atoms with van der Waals surface area (Å²) in [6.07, 6.45) is 1.97. The lowest BCUT2D eigenvalue weighted by Gasteiger charge is -2.15. The van der Waals surface area contributed by atoms with Crippen molar-refractivity contribution in [3.05, 3.63) is 39.2 Å². The van der Waals surface area contributed by atoms with Crippen molar-refractivity contribution < 1.29 is 13.9 Å². The minimum Gasteiger partial charge on any atom is -0.482 e. The standard InChI is InChI=1S/C19H24ClNO4/c1-11(2)5-6-13(4)21-18(22)10-24-17-9-16-14(8-15(17)20)12(3)7-19(23)25-16/h7-9,11,13H,5-6,10H2,1-4H3,(H,21,22)/t13-/m1/s1. The molecule has 0 saturated carbocycles. The molecule has 0 saturated heterocycles. The second-order valence-electron chi connectivity index (χ2n) is 6.76. The van der Waals surface area contributed by atoms with Crippen LogP contribution in [0.1, 0.15) is 39.2 Å². The third-order valence-corrected chi connectivity index (χ3v) is 4.24. The molecular weight excluding hydrogens is 342 g/mol. The molecule has 0 bridgehead atoms. The molecule has 6 heteroatoms. The summed E-state index contributed by atoms with van der Waals surface area (Å²) in [6, 6.07) is 4.71. The maximum atomic E-state index is 12.0. The molecule has 0 spiro atoms. The average molecular weight is 366 g/mol. The molecule has 2 aromatic rings. The van der Waals surface area contributed by atoms with Crippen LogP contribution in [-0.2, 0) is 4.79 Å². The molecule has 2 rings (SSSR count). The molecule has 1 aromatic heterocycles. The van der Waals surface area contributed by atoms with E-state index in [1.165, 1.54) is 6.07 Å². The highest BCUT2D eigenvalue weighted by molar-refractivity contribution is 6.32. The molecule has 0 radical (unpaired) electrons. The molecule has 25 heavy (non-hydrogen) atoms. The quantitative estimate of drug-likeness (QED) is 0.751. The minimum atomic E-state index is -0.435. The molecule has 136 valence electrons. The predicted molar refractivity (Wildman–Crippen MR) is 99.4 cm³/mol. The number of rotatable bonds is 7. The van der Waals surface area contributed by atoms with E-state index in [0.717, 1.165) is 23.8 Å². The monoisotopic (exact) mass is 365 g/mol. The van der Waals surface area contributed by atoms with Crippen LogP contribution in [0.5, 0.6) is 5.75 Å². The lowest BCUT2D eigenvalue weighted by atomic mass is 10.0. The van der Waals surface area contributed by atoms with Crippen LogP contribution in [0.2, 0.25) is 5.02 Å². The van der Waals surface area contributed by atoms with Gasteiger partial charge in [0.1, 0.15) is 11.3 Å². The molecule has 1 heterocycles. The van der Waals surface area contributed by atoms with Crippen molar-refractivity contribution >= 4 is 28.5 Å². The van der Waals surface area contributed by atoms with Gasteiger partial charge in [-0.1, -0.05) is 25.4 Å². The number of amides is 1. The van der Waals surface area contributed by atoms with E-state index in [1.807, 2.05) is 13.8 Å². The van der Waals surface area contributed by atoms with Crippen molar-refractivity contribution in [1.29, 1.82) is 0 Å². The maximum Gasteiger partial charge on any atom is 0.336 e. The number of aryl methyl sites for hydroxylation is 1. The van der Waals surface area contributed by atoms with Crippen LogP contribution in [0.4, 0.5) is 0 Å². The third-order valence-electron chi connectivity index (χ3n) is 3.95. The Kier molecular flexibility index (Phi) is 6.48. The number of halogens is 1. The van der Waals surface area contributed by atoms with Crippen molar-refractivity contribution in [2.24, 2.45) is 5.92 Å². The molecule has 1 atom stereocenters. The van der Waals surface area contributed by atoms with Gasteiger partial charge in [-0.05, 0) is 44.2 Å². The van der Waals surface area contributed by atoms with Crippen molar-refractivity contribution in [2.45, 2.75) is 46.6 Å². The van der Waals surface area contributed by atoms with Crippen LogP contribution in [0.3, 0.4) is 0 Å². The number of carbonyl (C=O) groups is 1. The van der Waals surface area contributed by atoms with E-state index < -0.39 is 5.63 Å². The van der Waals surface area contributed by atoms with Crippen LogP contribution < -0.4 is 15.7 Å². The van der Waals surface area contributed by atoms with Gasteiger partial charge >= 0.3 is 5.63 Å². The highest BCUT2D eigenvalue weighted by Gasteiger charge is 2.12. The number of hydrogen-bond acceptors (Lipinski definition) is 4. The zero-order chi connectivity index (χ0) is 18.6. The third kappa shape index (κ3) is 5.49. The van der Waals surface area contributed by atoms with Crippen LogP contribution >= 0.6 is 11.6 Å². The number of hydrogen-bond donors (Lipinski definition) is 1. The summed E-state index contributed by atoms with van der Waals surface area (Å²) in [5, 5.41) is 4.01. The van der Waals surface area contributed by atoms with Crippen molar-refractivity contribution in [1.82, 2.24) is 5.32 Å². The highest BCUT2D eigenvalue weighted by atomic mass is 35.5. The second kappa shape index (κ2) is 8.39. The number of fused-ring (bicyclic) bond motifs is 1. The summed E-state index contributed by atoms with van der Waals surface area (Å²) in [5.41, 5.74) is 0.724. The number of carbonyl (C=O) groups excluding carboxylic acids is 1. The summed E-state index contributed by atoms with van der Waals surface area (Å²) in [5.74, 6) is 0.705. The van der Waals surface area contributed by atoms with Gasteiger partial charge in [0.05, 0.1) is 5.02 Å². The number of ether oxygens (including phenoxy) is 1. The average Bonchev–Trinajstić information content (AvgIpc) is 2.51. The first-order chi connectivity index (χ1) is 11.8. The Morgan fingerprint density at radius 1 is 1.24 bits per heavy atom. The lowest BCUT2D eigenvalue weighted by molar-refractivity contribution is -0.123. The van der Waals surface area contributed by atoms with E-state index in [4.69, 9.17) is 20.8 Å². The predicted octanol–water partition coefficient (Wildman–Crippen LogP) is 4.07. The first kappa shape index (κ1) is 19.3.